The van der Waals surface area contributed by atoms with Crippen LogP contribution in [-0.4, -0.2) is 20.2 Å². The fourth-order valence-electron chi connectivity index (χ4n) is 1.95. The fourth-order valence-corrected chi connectivity index (χ4v) is 2.46. The minimum atomic E-state index is -0.521. The molecule has 1 aromatic heterocycles. The average molecular weight is 352 g/mol. The maximum atomic E-state index is 14.0. The largest absolute Gasteiger partial charge is 0.399 e. The van der Waals surface area contributed by atoms with Gasteiger partial charge < -0.3 is 5.73 Å². The first-order valence-electron chi connectivity index (χ1n) is 5.85. The standard InChI is InChI=1S/C13H8BrF2N5/c14-10-2-1-3-11(16)12(10)21-13(18-19-20-21)7-4-8(15)6-9(17)5-7/h1-6H,17H2. The van der Waals surface area contributed by atoms with Crippen LogP contribution in [0.3, 0.4) is 0 Å². The molecule has 3 rings (SSSR count). The van der Waals surface area contributed by atoms with E-state index < -0.39 is 11.6 Å². The predicted molar refractivity (Wildman–Crippen MR) is 76.6 cm³/mol. The Morgan fingerprint density at radius 2 is 1.95 bits per heavy atom. The molecule has 0 bridgehead atoms. The minimum Gasteiger partial charge on any atom is -0.399 e. The monoisotopic (exact) mass is 351 g/mol. The lowest BCUT2D eigenvalue weighted by atomic mass is 10.2. The van der Waals surface area contributed by atoms with E-state index in [-0.39, 0.29) is 17.2 Å². The van der Waals surface area contributed by atoms with E-state index in [1.165, 1.54) is 28.9 Å². The zero-order valence-electron chi connectivity index (χ0n) is 10.5. The molecule has 2 N–H and O–H groups in total. The number of nitrogens with zero attached hydrogens (tertiary/aromatic N) is 4. The average Bonchev–Trinajstić information content (AvgIpc) is 2.86. The van der Waals surface area contributed by atoms with E-state index in [9.17, 15) is 8.78 Å². The molecule has 0 aliphatic heterocycles. The van der Waals surface area contributed by atoms with Crippen LogP contribution in [0.15, 0.2) is 40.9 Å². The summed E-state index contributed by atoms with van der Waals surface area (Å²) >= 11 is 3.25. The number of hydrogen-bond donors (Lipinski definition) is 1. The molecule has 2 aromatic carbocycles. The molecular weight excluding hydrogens is 344 g/mol. The summed E-state index contributed by atoms with van der Waals surface area (Å²) in [6.45, 7) is 0. The van der Waals surface area contributed by atoms with Gasteiger partial charge in [-0.25, -0.2) is 8.78 Å². The third kappa shape index (κ3) is 2.49. The molecule has 3 aromatic rings. The Hall–Kier alpha value is -2.35. The van der Waals surface area contributed by atoms with Crippen molar-refractivity contribution in [2.45, 2.75) is 0 Å². The Labute approximate surface area is 126 Å². The van der Waals surface area contributed by atoms with Gasteiger partial charge in [-0.15, -0.1) is 5.10 Å². The zero-order chi connectivity index (χ0) is 15.0. The van der Waals surface area contributed by atoms with E-state index >= 15 is 0 Å². The van der Waals surface area contributed by atoms with Crippen molar-refractivity contribution in [3.63, 3.8) is 0 Å². The van der Waals surface area contributed by atoms with Gasteiger partial charge in [-0.2, -0.15) is 4.68 Å². The lowest BCUT2D eigenvalue weighted by Crippen LogP contribution is -2.04. The van der Waals surface area contributed by atoms with Gasteiger partial charge in [0.2, 0.25) is 0 Å². The molecule has 1 heterocycles. The molecular formula is C13H8BrF2N5. The number of halogens is 3. The van der Waals surface area contributed by atoms with Gasteiger partial charge in [0.25, 0.3) is 0 Å². The van der Waals surface area contributed by atoms with Crippen molar-refractivity contribution in [3.8, 4) is 17.1 Å². The molecule has 0 aliphatic carbocycles. The number of nitrogen functional groups attached to an aromatic ring is 1. The normalized spacial score (nSPS) is 10.8. The Bertz CT molecular complexity index is 778. The fraction of sp³-hybridized carbons (Fsp3) is 0. The molecule has 0 atom stereocenters. The highest BCUT2D eigenvalue weighted by molar-refractivity contribution is 9.10. The highest BCUT2D eigenvalue weighted by Gasteiger charge is 2.17. The second-order valence-electron chi connectivity index (χ2n) is 4.26. The summed E-state index contributed by atoms with van der Waals surface area (Å²) in [6, 6.07) is 8.41. The van der Waals surface area contributed by atoms with Gasteiger partial charge in [0.1, 0.15) is 17.3 Å². The molecule has 0 unspecified atom stereocenters. The Balaban J connectivity index is 2.22. The van der Waals surface area contributed by atoms with Gasteiger partial charge in [-0.05, 0) is 56.7 Å². The van der Waals surface area contributed by atoms with Gasteiger partial charge in [0.15, 0.2) is 5.82 Å². The summed E-state index contributed by atoms with van der Waals surface area (Å²) in [6.07, 6.45) is 0. The van der Waals surface area contributed by atoms with Gasteiger partial charge in [-0.1, -0.05) is 6.07 Å². The van der Waals surface area contributed by atoms with Crippen LogP contribution in [0.4, 0.5) is 14.5 Å². The molecule has 8 heteroatoms. The van der Waals surface area contributed by atoms with Crippen molar-refractivity contribution in [1.29, 1.82) is 0 Å². The van der Waals surface area contributed by atoms with Gasteiger partial charge in [-0.3, -0.25) is 0 Å². The topological polar surface area (TPSA) is 69.6 Å². The second-order valence-corrected chi connectivity index (χ2v) is 5.11. The third-order valence-electron chi connectivity index (χ3n) is 2.80. The number of hydrogen-bond acceptors (Lipinski definition) is 4. The van der Waals surface area contributed by atoms with E-state index in [2.05, 4.69) is 31.5 Å². The van der Waals surface area contributed by atoms with Crippen LogP contribution in [0, 0.1) is 11.6 Å². The number of aromatic nitrogens is 4. The molecule has 0 fully saturated rings. The first-order chi connectivity index (χ1) is 10.1. The van der Waals surface area contributed by atoms with Crippen LogP contribution in [0.5, 0.6) is 0 Å². The Kier molecular flexibility index (Phi) is 3.38. The molecule has 0 aliphatic rings. The smallest absolute Gasteiger partial charge is 0.187 e. The summed E-state index contributed by atoms with van der Waals surface area (Å²) in [5, 5.41) is 11.1. The van der Waals surface area contributed by atoms with E-state index in [0.717, 1.165) is 0 Å². The summed E-state index contributed by atoms with van der Waals surface area (Å²) in [5.74, 6) is -0.846. The maximum Gasteiger partial charge on any atom is 0.187 e. The predicted octanol–water partition coefficient (Wildman–Crippen LogP) is 2.95. The summed E-state index contributed by atoms with van der Waals surface area (Å²) < 4.78 is 29.2. The quantitative estimate of drug-likeness (QED) is 0.720. The first kappa shape index (κ1) is 13.6. The van der Waals surface area contributed by atoms with Crippen molar-refractivity contribution in [1.82, 2.24) is 20.2 Å². The summed E-state index contributed by atoms with van der Waals surface area (Å²) in [5.41, 5.74) is 6.34. The minimum absolute atomic E-state index is 0.139. The van der Waals surface area contributed by atoms with Gasteiger partial charge in [0, 0.05) is 15.7 Å². The van der Waals surface area contributed by atoms with E-state index in [0.29, 0.717) is 10.0 Å². The van der Waals surface area contributed by atoms with Crippen LogP contribution < -0.4 is 5.73 Å². The summed E-state index contributed by atoms with van der Waals surface area (Å²) in [7, 11) is 0. The summed E-state index contributed by atoms with van der Waals surface area (Å²) in [4.78, 5) is 0. The third-order valence-corrected chi connectivity index (χ3v) is 3.44. The lowest BCUT2D eigenvalue weighted by molar-refractivity contribution is 0.606. The van der Waals surface area contributed by atoms with Gasteiger partial charge in [0.05, 0.1) is 0 Å². The van der Waals surface area contributed by atoms with Crippen LogP contribution in [-0.2, 0) is 0 Å². The van der Waals surface area contributed by atoms with Crippen LogP contribution in [0.25, 0.3) is 17.1 Å². The first-order valence-corrected chi connectivity index (χ1v) is 6.65. The van der Waals surface area contributed by atoms with E-state index in [1.807, 2.05) is 0 Å². The molecule has 106 valence electrons. The van der Waals surface area contributed by atoms with Crippen molar-refractivity contribution in [3.05, 3.63) is 52.5 Å². The van der Waals surface area contributed by atoms with E-state index in [1.54, 1.807) is 12.1 Å². The highest BCUT2D eigenvalue weighted by atomic mass is 79.9. The molecule has 0 saturated heterocycles. The molecule has 0 spiro atoms. The Morgan fingerprint density at radius 3 is 2.67 bits per heavy atom. The molecule has 0 amide bonds. The maximum absolute atomic E-state index is 14.0. The van der Waals surface area contributed by atoms with Crippen molar-refractivity contribution >= 4 is 21.6 Å². The molecule has 5 nitrogen and oxygen atoms in total. The SMILES string of the molecule is Nc1cc(F)cc(-c2nnnn2-c2c(F)cccc2Br)c1. The van der Waals surface area contributed by atoms with Gasteiger partial charge >= 0.3 is 0 Å². The van der Waals surface area contributed by atoms with Crippen LogP contribution in [0.2, 0.25) is 0 Å². The number of para-hydroxylation sites is 1. The number of tetrazole rings is 1. The van der Waals surface area contributed by atoms with Crippen molar-refractivity contribution in [2.24, 2.45) is 0 Å². The number of nitrogens with two attached hydrogens (primary N) is 1. The van der Waals surface area contributed by atoms with Crippen LogP contribution >= 0.6 is 15.9 Å². The van der Waals surface area contributed by atoms with E-state index in [4.69, 9.17) is 5.73 Å². The molecule has 0 saturated carbocycles. The lowest BCUT2D eigenvalue weighted by Gasteiger charge is -2.08. The van der Waals surface area contributed by atoms with Crippen LogP contribution in [0.1, 0.15) is 0 Å². The number of benzene rings is 2. The number of anilines is 1. The zero-order valence-corrected chi connectivity index (χ0v) is 12.1. The molecule has 0 radical (unpaired) electrons. The van der Waals surface area contributed by atoms with Crippen molar-refractivity contribution < 1.29 is 8.78 Å². The second kappa shape index (κ2) is 5.21. The highest BCUT2D eigenvalue weighted by Crippen LogP contribution is 2.28. The van der Waals surface area contributed by atoms with Crippen molar-refractivity contribution in [2.75, 3.05) is 5.73 Å². The Morgan fingerprint density at radius 1 is 1.14 bits per heavy atom. The molecule has 21 heavy (non-hydrogen) atoms. The number of rotatable bonds is 2.